The summed E-state index contributed by atoms with van der Waals surface area (Å²) >= 11 is 6.53. The maximum absolute atomic E-state index is 15.1. The van der Waals surface area contributed by atoms with Crippen LogP contribution in [-0.2, 0) is 9.59 Å². The number of nitrogens with zero attached hydrogens (tertiary/aromatic N) is 2. The van der Waals surface area contributed by atoms with Gasteiger partial charge in [-0.25, -0.2) is 8.78 Å². The second kappa shape index (κ2) is 10.1. The molecule has 0 unspecified atom stereocenters. The number of carbonyl (C=O) groups excluding carboxylic acids is 2. The molecule has 0 radical (unpaired) electrons. The van der Waals surface area contributed by atoms with Gasteiger partial charge in [0.15, 0.2) is 0 Å². The van der Waals surface area contributed by atoms with Gasteiger partial charge in [-0.2, -0.15) is 0 Å². The first kappa shape index (κ1) is 24.8. The molecule has 0 spiro atoms. The van der Waals surface area contributed by atoms with Crippen LogP contribution in [0, 0.1) is 11.6 Å². The fourth-order valence-corrected chi connectivity index (χ4v) is 5.04. The Morgan fingerprint density at radius 1 is 0.706 bits per heavy atom. The summed E-state index contributed by atoms with van der Waals surface area (Å²) in [6.07, 6.45) is 3.01. The van der Waals surface area contributed by atoms with Crippen molar-refractivity contribution in [3.8, 4) is 0 Å². The summed E-state index contributed by atoms with van der Waals surface area (Å²) in [5, 5.41) is 0. The fraction of sp³-hybridized carbons (Fsp3) is 0.308. The first-order chi connectivity index (χ1) is 16.3. The van der Waals surface area contributed by atoms with E-state index in [0.717, 1.165) is 12.8 Å². The fourth-order valence-electron chi connectivity index (χ4n) is 4.38. The smallest absolute Gasteiger partial charge is 0.261 e. The van der Waals surface area contributed by atoms with E-state index in [2.05, 4.69) is 31.9 Å². The highest BCUT2D eigenvalue weighted by molar-refractivity contribution is 9.10. The SMILES string of the molecule is CCCCN1C(=O)C2=C(c3ccc(Br)cc3F)N(CCCC)C(=O)C2=C1c1ccc(Br)cc1F. The van der Waals surface area contributed by atoms with E-state index in [1.807, 2.05) is 13.8 Å². The van der Waals surface area contributed by atoms with E-state index in [9.17, 15) is 9.59 Å². The van der Waals surface area contributed by atoms with Crippen molar-refractivity contribution >= 4 is 55.1 Å². The van der Waals surface area contributed by atoms with Crippen LogP contribution in [-0.4, -0.2) is 34.7 Å². The number of halogens is 4. The third-order valence-electron chi connectivity index (χ3n) is 6.02. The molecule has 0 saturated heterocycles. The van der Waals surface area contributed by atoms with Gasteiger partial charge in [-0.1, -0.05) is 58.5 Å². The summed E-state index contributed by atoms with van der Waals surface area (Å²) in [6, 6.07) is 9.13. The molecule has 0 fully saturated rings. The van der Waals surface area contributed by atoms with Crippen molar-refractivity contribution in [1.29, 1.82) is 0 Å². The number of hydrogen-bond donors (Lipinski definition) is 0. The van der Waals surface area contributed by atoms with Crippen LogP contribution in [0.4, 0.5) is 8.78 Å². The molecule has 2 aliphatic rings. The summed E-state index contributed by atoms with van der Waals surface area (Å²) in [5.74, 6) is -1.87. The molecule has 0 saturated carbocycles. The number of amides is 2. The highest BCUT2D eigenvalue weighted by atomic mass is 79.9. The Kier molecular flexibility index (Phi) is 7.38. The van der Waals surface area contributed by atoms with Crippen LogP contribution < -0.4 is 0 Å². The van der Waals surface area contributed by atoms with E-state index in [-0.39, 0.29) is 33.7 Å². The van der Waals surface area contributed by atoms with Crippen LogP contribution in [0.3, 0.4) is 0 Å². The molecule has 178 valence electrons. The Bertz CT molecular complexity index is 1140. The van der Waals surface area contributed by atoms with Gasteiger partial charge in [0.1, 0.15) is 11.6 Å². The van der Waals surface area contributed by atoms with Crippen LogP contribution >= 0.6 is 31.9 Å². The minimum atomic E-state index is -0.538. The van der Waals surface area contributed by atoms with Gasteiger partial charge >= 0.3 is 0 Å². The van der Waals surface area contributed by atoms with Crippen LogP contribution in [0.2, 0.25) is 0 Å². The number of fused-ring (bicyclic) bond motifs is 1. The summed E-state index contributed by atoms with van der Waals surface area (Å²) in [4.78, 5) is 30.5. The molecule has 0 bridgehead atoms. The third kappa shape index (κ3) is 4.26. The lowest BCUT2D eigenvalue weighted by Gasteiger charge is -2.25. The molecular formula is C26H24Br2F2N2O2. The minimum Gasteiger partial charge on any atom is -0.307 e. The second-order valence-electron chi connectivity index (χ2n) is 8.32. The summed E-state index contributed by atoms with van der Waals surface area (Å²) in [5.41, 5.74) is 1.18. The van der Waals surface area contributed by atoms with Gasteiger partial charge in [-0.3, -0.25) is 9.59 Å². The van der Waals surface area contributed by atoms with Crippen LogP contribution in [0.25, 0.3) is 11.4 Å². The van der Waals surface area contributed by atoms with Crippen molar-refractivity contribution in [3.63, 3.8) is 0 Å². The first-order valence-electron chi connectivity index (χ1n) is 11.3. The van der Waals surface area contributed by atoms with Crippen molar-refractivity contribution in [2.75, 3.05) is 13.1 Å². The lowest BCUT2D eigenvalue weighted by Crippen LogP contribution is -2.31. The van der Waals surface area contributed by atoms with Gasteiger partial charge in [0.25, 0.3) is 11.8 Å². The van der Waals surface area contributed by atoms with Crippen molar-refractivity contribution in [2.45, 2.75) is 39.5 Å². The van der Waals surface area contributed by atoms with Gasteiger partial charge in [0.05, 0.1) is 22.5 Å². The van der Waals surface area contributed by atoms with Crippen LogP contribution in [0.5, 0.6) is 0 Å². The molecule has 0 aromatic heterocycles. The maximum Gasteiger partial charge on any atom is 0.261 e. The Balaban J connectivity index is 2.01. The zero-order valence-electron chi connectivity index (χ0n) is 18.9. The molecule has 0 aliphatic carbocycles. The number of hydrogen-bond acceptors (Lipinski definition) is 2. The second-order valence-corrected chi connectivity index (χ2v) is 10.1. The molecular weight excluding hydrogens is 570 g/mol. The Morgan fingerprint density at radius 2 is 1.09 bits per heavy atom. The number of rotatable bonds is 8. The minimum absolute atomic E-state index is 0.149. The molecule has 2 aromatic carbocycles. The maximum atomic E-state index is 15.1. The third-order valence-corrected chi connectivity index (χ3v) is 7.01. The van der Waals surface area contributed by atoms with E-state index >= 15 is 8.78 Å². The average Bonchev–Trinajstić information content (AvgIpc) is 3.23. The molecule has 0 N–H and O–H groups in total. The predicted molar refractivity (Wildman–Crippen MR) is 135 cm³/mol. The van der Waals surface area contributed by atoms with E-state index in [0.29, 0.717) is 34.9 Å². The number of carbonyl (C=O) groups is 2. The van der Waals surface area contributed by atoms with E-state index < -0.39 is 23.4 Å². The largest absolute Gasteiger partial charge is 0.307 e. The molecule has 2 aromatic rings. The monoisotopic (exact) mass is 592 g/mol. The highest BCUT2D eigenvalue weighted by Crippen LogP contribution is 2.47. The van der Waals surface area contributed by atoms with Gasteiger partial charge in [0, 0.05) is 33.2 Å². The Labute approximate surface area is 214 Å². The highest BCUT2D eigenvalue weighted by Gasteiger charge is 2.49. The molecule has 2 aliphatic heterocycles. The number of benzene rings is 2. The van der Waals surface area contributed by atoms with Crippen molar-refractivity contribution in [1.82, 2.24) is 9.80 Å². The topological polar surface area (TPSA) is 40.6 Å². The lowest BCUT2D eigenvalue weighted by atomic mass is 10.0. The molecule has 2 heterocycles. The van der Waals surface area contributed by atoms with E-state index in [4.69, 9.17) is 0 Å². The van der Waals surface area contributed by atoms with E-state index in [1.54, 1.807) is 24.3 Å². The molecule has 2 amide bonds. The summed E-state index contributed by atoms with van der Waals surface area (Å²) in [7, 11) is 0. The molecule has 0 atom stereocenters. The van der Waals surface area contributed by atoms with Gasteiger partial charge in [0.2, 0.25) is 0 Å². The summed E-state index contributed by atoms with van der Waals surface area (Å²) < 4.78 is 31.4. The number of unbranched alkanes of at least 4 members (excludes halogenated alkanes) is 2. The molecule has 34 heavy (non-hydrogen) atoms. The van der Waals surface area contributed by atoms with Crippen molar-refractivity contribution < 1.29 is 18.4 Å². The van der Waals surface area contributed by atoms with Gasteiger partial charge in [-0.15, -0.1) is 0 Å². The normalized spacial score (nSPS) is 15.8. The Morgan fingerprint density at radius 3 is 1.41 bits per heavy atom. The lowest BCUT2D eigenvalue weighted by molar-refractivity contribution is -0.124. The molecule has 8 heteroatoms. The van der Waals surface area contributed by atoms with Crippen LogP contribution in [0.15, 0.2) is 56.5 Å². The Hall–Kier alpha value is -2.32. The molecule has 4 nitrogen and oxygen atoms in total. The average molecular weight is 594 g/mol. The van der Waals surface area contributed by atoms with Gasteiger partial charge in [-0.05, 0) is 49.2 Å². The molecule has 4 rings (SSSR count). The quantitative estimate of drug-likeness (QED) is 0.334. The van der Waals surface area contributed by atoms with Crippen LogP contribution in [0.1, 0.15) is 50.7 Å². The zero-order valence-corrected chi connectivity index (χ0v) is 22.1. The van der Waals surface area contributed by atoms with Crippen molar-refractivity contribution in [3.05, 3.63) is 79.3 Å². The van der Waals surface area contributed by atoms with Gasteiger partial charge < -0.3 is 9.80 Å². The predicted octanol–water partition coefficient (Wildman–Crippen LogP) is 6.90. The van der Waals surface area contributed by atoms with E-state index in [1.165, 1.54) is 21.9 Å². The summed E-state index contributed by atoms with van der Waals surface area (Å²) in [6.45, 7) is 4.67. The standard InChI is InChI=1S/C26H24Br2F2N2O2/c1-3-5-11-31-23(17-9-7-15(27)13-19(17)29)21-22(25(31)33)24(32(26(21)34)12-6-4-2)18-10-8-16(28)14-20(18)30/h7-10,13-14H,3-6,11-12H2,1-2H3. The zero-order chi connectivity index (χ0) is 24.6. The van der Waals surface area contributed by atoms with Crippen molar-refractivity contribution in [2.24, 2.45) is 0 Å². The first-order valence-corrected chi connectivity index (χ1v) is 12.9.